The molecule has 0 spiro atoms. The van der Waals surface area contributed by atoms with Gasteiger partial charge in [0.15, 0.2) is 0 Å². The number of aryl methyl sites for hydroxylation is 1. The lowest BCUT2D eigenvalue weighted by Gasteiger charge is -2.30. The van der Waals surface area contributed by atoms with E-state index in [4.69, 9.17) is 16.3 Å². The van der Waals surface area contributed by atoms with Crippen LogP contribution in [-0.4, -0.2) is 39.5 Å². The summed E-state index contributed by atoms with van der Waals surface area (Å²) < 4.78 is 8.19. The number of phenolic OH excluding ortho intramolecular Hbond substituents is 1. The van der Waals surface area contributed by atoms with E-state index in [-0.39, 0.29) is 17.6 Å². The fourth-order valence-corrected chi connectivity index (χ4v) is 6.89. The lowest BCUT2D eigenvalue weighted by atomic mass is 9.96. The molecule has 4 aromatic carbocycles. The second-order valence-electron chi connectivity index (χ2n) is 12.3. The molecule has 0 radical (unpaired) electrons. The maximum absolute atomic E-state index is 14.7. The topological polar surface area (TPSA) is 98.8 Å². The molecule has 240 valence electrons. The van der Waals surface area contributed by atoms with Gasteiger partial charge >= 0.3 is 0 Å². The number of carbonyl (C=O) groups is 2. The van der Waals surface area contributed by atoms with Crippen molar-refractivity contribution in [2.24, 2.45) is 7.05 Å². The zero-order valence-electron chi connectivity index (χ0n) is 26.7. The highest BCUT2D eigenvalue weighted by Crippen LogP contribution is 2.37. The Balaban J connectivity index is 1.42. The number of nitriles is 1. The van der Waals surface area contributed by atoms with Gasteiger partial charge in [-0.3, -0.25) is 14.5 Å². The fourth-order valence-electron chi connectivity index (χ4n) is 6.72. The molecule has 8 rings (SSSR count). The molecule has 0 unspecified atom stereocenters. The van der Waals surface area contributed by atoms with Crippen molar-refractivity contribution < 1.29 is 19.4 Å². The highest BCUT2D eigenvalue weighted by Gasteiger charge is 2.29. The van der Waals surface area contributed by atoms with Gasteiger partial charge in [0.1, 0.15) is 11.5 Å². The molecule has 0 saturated carbocycles. The lowest BCUT2D eigenvalue weighted by molar-refractivity contribution is 0.0734. The van der Waals surface area contributed by atoms with Crippen LogP contribution in [0.4, 0.5) is 11.4 Å². The van der Waals surface area contributed by atoms with Gasteiger partial charge in [0.2, 0.25) is 0 Å². The van der Waals surface area contributed by atoms with Crippen molar-refractivity contribution in [1.29, 1.82) is 5.26 Å². The molecular weight excluding hydrogens is 624 g/mol. The Labute approximate surface area is 284 Å². The fraction of sp³-hybridized carbons (Fsp3) is 0.205. The minimum Gasteiger partial charge on any atom is -0.508 e. The first-order valence-corrected chi connectivity index (χ1v) is 16.3. The van der Waals surface area contributed by atoms with Crippen LogP contribution >= 0.6 is 11.6 Å². The van der Waals surface area contributed by atoms with Crippen LogP contribution in [0.5, 0.6) is 11.5 Å². The minimum atomic E-state index is -0.323. The molecule has 8 nitrogen and oxygen atoms in total. The van der Waals surface area contributed by atoms with Gasteiger partial charge in [-0.15, -0.1) is 0 Å². The number of halogens is 1. The number of ether oxygens (including phenoxy) is 1. The average Bonchev–Trinajstić information content (AvgIpc) is 3.39. The first kappa shape index (κ1) is 31.1. The van der Waals surface area contributed by atoms with Crippen molar-refractivity contribution in [3.63, 3.8) is 0 Å². The van der Waals surface area contributed by atoms with Crippen molar-refractivity contribution in [1.82, 2.24) is 9.47 Å². The lowest BCUT2D eigenvalue weighted by Crippen LogP contribution is -2.36. The zero-order chi connectivity index (χ0) is 33.5. The Kier molecular flexibility index (Phi) is 8.16. The molecule has 48 heavy (non-hydrogen) atoms. The summed E-state index contributed by atoms with van der Waals surface area (Å²) in [6, 6.07) is 27.1. The highest BCUT2D eigenvalue weighted by molar-refractivity contribution is 6.31. The maximum atomic E-state index is 14.7. The Morgan fingerprint density at radius 2 is 1.69 bits per heavy atom. The van der Waals surface area contributed by atoms with E-state index in [0.29, 0.717) is 89.0 Å². The first-order valence-electron chi connectivity index (χ1n) is 15.9. The summed E-state index contributed by atoms with van der Waals surface area (Å²) in [6.07, 6.45) is 1.99. The van der Waals surface area contributed by atoms with Gasteiger partial charge in [0.25, 0.3) is 11.8 Å². The number of amides is 2. The third-order valence-electron chi connectivity index (χ3n) is 9.31. The summed E-state index contributed by atoms with van der Waals surface area (Å²) in [6.45, 7) is 3.32. The van der Waals surface area contributed by atoms with E-state index in [1.165, 1.54) is 12.1 Å². The molecule has 3 aliphatic rings. The van der Waals surface area contributed by atoms with Crippen LogP contribution < -0.4 is 9.64 Å². The van der Waals surface area contributed by atoms with Gasteiger partial charge in [-0.1, -0.05) is 23.7 Å². The molecule has 9 heteroatoms. The molecule has 1 aromatic heterocycles. The van der Waals surface area contributed by atoms with Crippen LogP contribution in [0.25, 0.3) is 11.3 Å². The van der Waals surface area contributed by atoms with Crippen molar-refractivity contribution >= 4 is 34.8 Å². The quantitative estimate of drug-likeness (QED) is 0.199. The molecule has 8 bridgehead atoms. The van der Waals surface area contributed by atoms with E-state index in [2.05, 4.69) is 6.07 Å². The van der Waals surface area contributed by atoms with Gasteiger partial charge in [0, 0.05) is 58.9 Å². The Morgan fingerprint density at radius 1 is 0.875 bits per heavy atom. The monoisotopic (exact) mass is 656 g/mol. The molecule has 0 saturated heterocycles. The zero-order valence-corrected chi connectivity index (χ0v) is 27.4. The standard InChI is InChI=1S/C39H33ClN4O4/c1-24-34-21-36(42(24)2)35-20-28(40)8-13-33(35)38(46)43-15-14-32-27(23-43)6-3-7-37(32)48-16-4-5-25-17-26(22-41)19-30(18-25)44(39(34)47)29-9-11-31(45)12-10-29/h3,6-13,17-21,45H,4-5,14-16,23H2,1-2H3. The van der Waals surface area contributed by atoms with Crippen molar-refractivity contribution in [3.05, 3.63) is 129 Å². The number of nitrogens with zero attached hydrogens (tertiary/aromatic N) is 4. The molecule has 2 amide bonds. The largest absolute Gasteiger partial charge is 0.508 e. The van der Waals surface area contributed by atoms with Crippen LogP contribution in [0.1, 0.15) is 55.1 Å². The average molecular weight is 657 g/mol. The summed E-state index contributed by atoms with van der Waals surface area (Å²) in [7, 11) is 1.87. The number of aromatic nitrogens is 1. The van der Waals surface area contributed by atoms with Gasteiger partial charge in [-0.05, 0) is 110 Å². The van der Waals surface area contributed by atoms with Crippen molar-refractivity contribution in [2.75, 3.05) is 18.1 Å². The molecule has 0 fully saturated rings. The Bertz CT molecular complexity index is 2130. The molecule has 3 aliphatic heterocycles. The highest BCUT2D eigenvalue weighted by atomic mass is 35.5. The number of anilines is 2. The summed E-state index contributed by atoms with van der Waals surface area (Å²) >= 11 is 6.53. The van der Waals surface area contributed by atoms with Gasteiger partial charge in [-0.25, -0.2) is 0 Å². The van der Waals surface area contributed by atoms with E-state index in [1.807, 2.05) is 53.8 Å². The normalized spacial score (nSPS) is 14.7. The number of aromatic hydroxyl groups is 1. The van der Waals surface area contributed by atoms with Gasteiger partial charge < -0.3 is 19.3 Å². The molecule has 5 aromatic rings. The van der Waals surface area contributed by atoms with Crippen LogP contribution in [0.3, 0.4) is 0 Å². The predicted octanol–water partition coefficient (Wildman–Crippen LogP) is 7.73. The number of rotatable bonds is 1. The second kappa shape index (κ2) is 12.6. The summed E-state index contributed by atoms with van der Waals surface area (Å²) in [4.78, 5) is 32.3. The number of hydrogen-bond donors (Lipinski definition) is 1. The van der Waals surface area contributed by atoms with Gasteiger partial charge in [0.05, 0.1) is 29.5 Å². The second-order valence-corrected chi connectivity index (χ2v) is 12.7. The summed E-state index contributed by atoms with van der Waals surface area (Å²) in [5, 5.41) is 20.5. The Morgan fingerprint density at radius 3 is 2.48 bits per heavy atom. The molecule has 0 atom stereocenters. The maximum Gasteiger partial charge on any atom is 0.264 e. The minimum absolute atomic E-state index is 0.0676. The number of benzene rings is 4. The summed E-state index contributed by atoms with van der Waals surface area (Å²) in [5.74, 6) is 0.448. The van der Waals surface area contributed by atoms with Crippen LogP contribution in [0.15, 0.2) is 84.9 Å². The van der Waals surface area contributed by atoms with E-state index in [1.54, 1.807) is 47.4 Å². The summed E-state index contributed by atoms with van der Waals surface area (Å²) in [5.41, 5.74) is 7.45. The van der Waals surface area contributed by atoms with Crippen molar-refractivity contribution in [2.45, 2.75) is 32.7 Å². The van der Waals surface area contributed by atoms with E-state index >= 15 is 0 Å². The predicted molar refractivity (Wildman–Crippen MR) is 185 cm³/mol. The Hall–Kier alpha value is -5.52. The molecule has 4 heterocycles. The van der Waals surface area contributed by atoms with Crippen LogP contribution in [-0.2, 0) is 26.4 Å². The SMILES string of the molecule is Cc1c2cc(n1C)-c1cc(Cl)ccc1C(=O)N1CCc3c(cccc3OCCCc3cc(C#N)cc(c3)N(c3ccc(O)cc3)C2=O)C1. The number of carbonyl (C=O) groups excluding carboxylic acids is 2. The smallest absolute Gasteiger partial charge is 0.264 e. The van der Waals surface area contributed by atoms with Crippen LogP contribution in [0, 0.1) is 18.3 Å². The van der Waals surface area contributed by atoms with E-state index in [9.17, 15) is 20.0 Å². The van der Waals surface area contributed by atoms with Gasteiger partial charge in [-0.2, -0.15) is 5.26 Å². The molecular formula is C39H33ClN4O4. The molecule has 1 N–H and O–H groups in total. The van der Waals surface area contributed by atoms with E-state index in [0.717, 1.165) is 22.4 Å². The third-order valence-corrected chi connectivity index (χ3v) is 9.54. The van der Waals surface area contributed by atoms with Crippen LogP contribution in [0.2, 0.25) is 5.02 Å². The third kappa shape index (κ3) is 5.67. The molecule has 0 aliphatic carbocycles. The number of phenols is 1. The number of fused-ring (bicyclic) bond motifs is 5. The van der Waals surface area contributed by atoms with Crippen molar-refractivity contribution in [3.8, 4) is 28.8 Å². The van der Waals surface area contributed by atoms with E-state index < -0.39 is 0 Å². The number of hydrogen-bond acceptors (Lipinski definition) is 5. The first-order chi connectivity index (χ1) is 23.2.